The maximum Gasteiger partial charge on any atom is 0.276 e. The van der Waals surface area contributed by atoms with Crippen molar-refractivity contribution in [3.05, 3.63) is 22.2 Å². The third kappa shape index (κ3) is 4.08. The van der Waals surface area contributed by atoms with Gasteiger partial charge in [-0.2, -0.15) is 0 Å². The van der Waals surface area contributed by atoms with Crippen molar-refractivity contribution in [2.24, 2.45) is 11.8 Å². The summed E-state index contributed by atoms with van der Waals surface area (Å²) in [6.45, 7) is 3.09. The highest BCUT2D eigenvalue weighted by Crippen LogP contribution is 2.30. The van der Waals surface area contributed by atoms with Crippen LogP contribution in [-0.2, 0) is 0 Å². The maximum atomic E-state index is 10.8. The van der Waals surface area contributed by atoms with Gasteiger partial charge < -0.3 is 11.1 Å². The zero-order valence-corrected chi connectivity index (χ0v) is 11.8. The number of rotatable bonds is 5. The second-order valence-corrected chi connectivity index (χ2v) is 5.73. The summed E-state index contributed by atoms with van der Waals surface area (Å²) in [4.78, 5) is 14.4. The monoisotopic (exact) mass is 278 g/mol. The molecule has 0 spiro atoms. The summed E-state index contributed by atoms with van der Waals surface area (Å²) in [7, 11) is 0. The third-order valence-electron chi connectivity index (χ3n) is 4.03. The van der Waals surface area contributed by atoms with Gasteiger partial charge in [0.15, 0.2) is 0 Å². The second kappa shape index (κ2) is 6.54. The first-order valence-corrected chi connectivity index (χ1v) is 7.20. The summed E-state index contributed by atoms with van der Waals surface area (Å²) >= 11 is 0. The molecule has 0 bridgehead atoms. The molecule has 1 aromatic rings. The molecule has 1 aliphatic rings. The average molecular weight is 278 g/mol. The smallest absolute Gasteiger partial charge is 0.276 e. The lowest BCUT2D eigenvalue weighted by Crippen LogP contribution is -2.16. The summed E-state index contributed by atoms with van der Waals surface area (Å²) in [5.41, 5.74) is 5.55. The molecule has 6 heteroatoms. The Kier molecular flexibility index (Phi) is 4.76. The molecule has 0 radical (unpaired) electrons. The highest BCUT2D eigenvalue weighted by molar-refractivity contribution is 5.52. The molecule has 0 aromatic carbocycles. The van der Waals surface area contributed by atoms with Gasteiger partial charge >= 0.3 is 0 Å². The Morgan fingerprint density at radius 2 is 2.10 bits per heavy atom. The molecule has 0 amide bonds. The van der Waals surface area contributed by atoms with E-state index in [-0.39, 0.29) is 11.5 Å². The summed E-state index contributed by atoms with van der Waals surface area (Å²) in [5.74, 6) is 2.28. The van der Waals surface area contributed by atoms with Crippen LogP contribution in [0.1, 0.15) is 39.0 Å². The van der Waals surface area contributed by atoms with Crippen LogP contribution in [-0.4, -0.2) is 16.5 Å². The van der Waals surface area contributed by atoms with E-state index < -0.39 is 4.92 Å². The van der Waals surface area contributed by atoms with Crippen LogP contribution in [0.5, 0.6) is 0 Å². The maximum absolute atomic E-state index is 10.8. The fourth-order valence-electron chi connectivity index (χ4n) is 2.76. The molecular weight excluding hydrogens is 256 g/mol. The van der Waals surface area contributed by atoms with Crippen molar-refractivity contribution in [2.75, 3.05) is 17.6 Å². The van der Waals surface area contributed by atoms with Gasteiger partial charge in [0.05, 0.1) is 17.1 Å². The highest BCUT2D eigenvalue weighted by atomic mass is 16.6. The summed E-state index contributed by atoms with van der Waals surface area (Å²) in [6.07, 6.45) is 6.27. The minimum Gasteiger partial charge on any atom is -0.383 e. The van der Waals surface area contributed by atoms with Gasteiger partial charge in [-0.05, 0) is 18.3 Å². The molecule has 3 N–H and O–H groups in total. The predicted octanol–water partition coefficient (Wildman–Crippen LogP) is 3.20. The highest BCUT2D eigenvalue weighted by Gasteiger charge is 2.17. The number of pyridine rings is 1. The topological polar surface area (TPSA) is 94.1 Å². The predicted molar refractivity (Wildman–Crippen MR) is 79.5 cm³/mol. The van der Waals surface area contributed by atoms with E-state index in [1.807, 2.05) is 0 Å². The van der Waals surface area contributed by atoms with Crippen LogP contribution in [0, 0.1) is 22.0 Å². The minimum atomic E-state index is -0.453. The number of hydrogen-bond donors (Lipinski definition) is 2. The largest absolute Gasteiger partial charge is 0.383 e. The molecule has 2 rings (SSSR count). The van der Waals surface area contributed by atoms with Crippen molar-refractivity contribution in [1.82, 2.24) is 4.98 Å². The van der Waals surface area contributed by atoms with Crippen LogP contribution in [0.2, 0.25) is 0 Å². The van der Waals surface area contributed by atoms with Crippen LogP contribution in [0.25, 0.3) is 0 Å². The van der Waals surface area contributed by atoms with E-state index in [1.165, 1.54) is 37.8 Å². The van der Waals surface area contributed by atoms with Gasteiger partial charge in [-0.15, -0.1) is 0 Å². The quantitative estimate of drug-likeness (QED) is 0.637. The van der Waals surface area contributed by atoms with Gasteiger partial charge in [0.2, 0.25) is 0 Å². The summed E-state index contributed by atoms with van der Waals surface area (Å²) in [5, 5.41) is 13.9. The van der Waals surface area contributed by atoms with Crippen molar-refractivity contribution in [2.45, 2.75) is 39.0 Å². The number of nitrogen functional groups attached to an aromatic ring is 1. The van der Waals surface area contributed by atoms with Crippen molar-refractivity contribution < 1.29 is 4.92 Å². The zero-order valence-electron chi connectivity index (χ0n) is 11.8. The number of nitro groups is 1. The fraction of sp³-hybridized carbons (Fsp3) is 0.643. The van der Waals surface area contributed by atoms with Crippen molar-refractivity contribution in [3.8, 4) is 0 Å². The van der Waals surface area contributed by atoms with Gasteiger partial charge in [-0.1, -0.05) is 32.6 Å². The lowest BCUT2D eigenvalue weighted by atomic mass is 9.81. The Hall–Kier alpha value is -1.85. The molecular formula is C14H22N4O2. The van der Waals surface area contributed by atoms with Gasteiger partial charge in [0, 0.05) is 6.54 Å². The molecule has 1 saturated carbocycles. The van der Waals surface area contributed by atoms with Gasteiger partial charge in [0.1, 0.15) is 11.6 Å². The number of nitrogens with two attached hydrogens (primary N) is 1. The number of aromatic nitrogens is 1. The lowest BCUT2D eigenvalue weighted by molar-refractivity contribution is -0.384. The van der Waals surface area contributed by atoms with Crippen LogP contribution < -0.4 is 11.1 Å². The van der Waals surface area contributed by atoms with Crippen LogP contribution in [0.3, 0.4) is 0 Å². The van der Waals surface area contributed by atoms with Crippen molar-refractivity contribution in [3.63, 3.8) is 0 Å². The molecule has 1 aliphatic carbocycles. The van der Waals surface area contributed by atoms with Crippen molar-refractivity contribution >= 4 is 17.3 Å². The number of hydrogen-bond acceptors (Lipinski definition) is 5. The first-order valence-electron chi connectivity index (χ1n) is 7.20. The average Bonchev–Trinajstić information content (AvgIpc) is 2.40. The van der Waals surface area contributed by atoms with E-state index in [0.29, 0.717) is 5.82 Å². The molecule has 0 atom stereocenters. The minimum absolute atomic E-state index is 0.0218. The Labute approximate surface area is 118 Å². The Bertz CT molecular complexity index is 470. The Balaban J connectivity index is 1.83. The van der Waals surface area contributed by atoms with E-state index in [4.69, 9.17) is 5.73 Å². The van der Waals surface area contributed by atoms with Crippen LogP contribution in [0.15, 0.2) is 12.1 Å². The molecule has 0 aliphatic heterocycles. The molecule has 20 heavy (non-hydrogen) atoms. The number of nitrogens with one attached hydrogen (secondary N) is 1. The van der Waals surface area contributed by atoms with E-state index in [1.54, 1.807) is 0 Å². The molecule has 1 fully saturated rings. The van der Waals surface area contributed by atoms with Crippen LogP contribution >= 0.6 is 0 Å². The van der Waals surface area contributed by atoms with E-state index >= 15 is 0 Å². The third-order valence-corrected chi connectivity index (χ3v) is 4.03. The fourth-order valence-corrected chi connectivity index (χ4v) is 2.76. The zero-order chi connectivity index (χ0) is 14.5. The summed E-state index contributed by atoms with van der Waals surface area (Å²) in [6, 6.07) is 2.70. The molecule has 1 heterocycles. The van der Waals surface area contributed by atoms with E-state index in [2.05, 4.69) is 17.2 Å². The van der Waals surface area contributed by atoms with Gasteiger partial charge in [-0.25, -0.2) is 4.98 Å². The molecule has 110 valence electrons. The van der Waals surface area contributed by atoms with E-state index in [0.717, 1.165) is 24.8 Å². The number of nitrogens with zero attached hydrogens (tertiary/aromatic N) is 2. The molecule has 1 aromatic heterocycles. The molecule has 6 nitrogen and oxygen atoms in total. The lowest BCUT2D eigenvalue weighted by Gasteiger charge is -2.26. The number of anilines is 2. The van der Waals surface area contributed by atoms with Crippen molar-refractivity contribution in [1.29, 1.82) is 0 Å². The normalized spacial score (nSPS) is 22.4. The standard InChI is InChI=1S/C14H22N4O2/c1-10-2-4-11(5-3-10)6-7-16-14-9-12(18(19)20)8-13(15)17-14/h8-11H,2-7H2,1H3,(H3,15,16,17). The van der Waals surface area contributed by atoms with Crippen LogP contribution in [0.4, 0.5) is 17.3 Å². The first-order chi connectivity index (χ1) is 9.54. The molecule has 0 saturated heterocycles. The van der Waals surface area contributed by atoms with Gasteiger partial charge in [-0.3, -0.25) is 10.1 Å². The van der Waals surface area contributed by atoms with Gasteiger partial charge in [0.25, 0.3) is 5.69 Å². The second-order valence-electron chi connectivity index (χ2n) is 5.73. The summed E-state index contributed by atoms with van der Waals surface area (Å²) < 4.78 is 0. The Morgan fingerprint density at radius 1 is 1.40 bits per heavy atom. The molecule has 0 unspecified atom stereocenters. The Morgan fingerprint density at radius 3 is 2.75 bits per heavy atom. The van der Waals surface area contributed by atoms with E-state index in [9.17, 15) is 10.1 Å². The first kappa shape index (κ1) is 14.6. The SMILES string of the molecule is CC1CCC(CCNc2cc([N+](=O)[O-])cc(N)n2)CC1.